The zero-order valence-electron chi connectivity index (χ0n) is 26.9. The number of rotatable bonds is 1. The fraction of sp³-hybridized carbons (Fsp3) is 0.515. The van der Waals surface area contributed by atoms with Crippen molar-refractivity contribution in [1.82, 2.24) is 4.98 Å². The molecular formula is C33H64N2. The van der Waals surface area contributed by atoms with Gasteiger partial charge in [0, 0.05) is 17.1 Å². The van der Waals surface area contributed by atoms with Crippen LogP contribution in [0, 0.1) is 12.3 Å². The second-order valence-electron chi connectivity index (χ2n) is 4.20. The van der Waals surface area contributed by atoms with E-state index in [-0.39, 0.29) is 0 Å². The highest BCUT2D eigenvalue weighted by atomic mass is 14.7. The van der Waals surface area contributed by atoms with Crippen LogP contribution in [-0.2, 0) is 0 Å². The molecule has 1 N–H and O–H groups in total. The molecule has 0 radical (unpaired) electrons. The Morgan fingerprint density at radius 3 is 1.31 bits per heavy atom. The Balaban J connectivity index is -0.0000000744. The van der Waals surface area contributed by atoms with Gasteiger partial charge in [-0.15, -0.1) is 0 Å². The van der Waals surface area contributed by atoms with E-state index in [0.717, 1.165) is 5.69 Å². The van der Waals surface area contributed by atoms with Crippen molar-refractivity contribution in [2.75, 3.05) is 0 Å². The predicted molar refractivity (Wildman–Crippen MR) is 173 cm³/mol. The number of fused-ring (bicyclic) bond motifs is 1. The van der Waals surface area contributed by atoms with Crippen molar-refractivity contribution in [3.63, 3.8) is 0 Å². The molecule has 206 valence electrons. The summed E-state index contributed by atoms with van der Waals surface area (Å²) in [5, 5.41) is 7.95. The van der Waals surface area contributed by atoms with Gasteiger partial charge >= 0.3 is 0 Å². The molecule has 0 fully saturated rings. The lowest BCUT2D eigenvalue weighted by molar-refractivity contribution is 1.33. The molecular weight excluding hydrogens is 424 g/mol. The summed E-state index contributed by atoms with van der Waals surface area (Å²) in [6.45, 7) is 36.6. The minimum Gasteiger partial charge on any atom is -0.317 e. The summed E-state index contributed by atoms with van der Waals surface area (Å²) in [5.41, 5.74) is 3.54. The Labute approximate surface area is 223 Å². The minimum atomic E-state index is 1.07. The van der Waals surface area contributed by atoms with Gasteiger partial charge in [-0.2, -0.15) is 0 Å². The lowest BCUT2D eigenvalue weighted by Crippen LogP contribution is -1.88. The normalized spacial score (nSPS) is 6.66. The number of benzene rings is 2. The Morgan fingerprint density at radius 1 is 0.514 bits per heavy atom. The van der Waals surface area contributed by atoms with Crippen LogP contribution >= 0.6 is 0 Å². The third-order valence-electron chi connectivity index (χ3n) is 3.07. The first-order valence-corrected chi connectivity index (χ1v) is 14.1. The molecule has 0 bridgehead atoms. The van der Waals surface area contributed by atoms with Gasteiger partial charge in [-0.05, 0) is 30.7 Å². The van der Waals surface area contributed by atoms with E-state index < -0.39 is 0 Å². The first-order chi connectivity index (χ1) is 17.4. The van der Waals surface area contributed by atoms with Crippen molar-refractivity contribution in [1.29, 1.82) is 5.41 Å². The Morgan fingerprint density at radius 2 is 0.886 bits per heavy atom. The van der Waals surface area contributed by atoms with Crippen LogP contribution in [0.25, 0.3) is 22.0 Å². The zero-order valence-corrected chi connectivity index (χ0v) is 26.9. The van der Waals surface area contributed by atoms with Crippen molar-refractivity contribution < 1.29 is 0 Å². The average Bonchev–Trinajstić information content (AvgIpc) is 3.02. The highest BCUT2D eigenvalue weighted by molar-refractivity contribution is 5.94. The summed E-state index contributed by atoms with van der Waals surface area (Å²) in [6, 6.07) is 18.8. The summed E-state index contributed by atoms with van der Waals surface area (Å²) in [7, 11) is 0. The maximum atomic E-state index is 5.50. The SMILES string of the molecule is C=N.CC.CC.CC.CC.CC.CC.CC.CC.Cc1ccccc1-c1nccc2ccccc12. The van der Waals surface area contributed by atoms with E-state index >= 15 is 0 Å². The summed E-state index contributed by atoms with van der Waals surface area (Å²) in [4.78, 5) is 4.54. The van der Waals surface area contributed by atoms with Crippen LogP contribution in [0.1, 0.15) is 116 Å². The Hall–Kier alpha value is -2.48. The second kappa shape index (κ2) is 53.1. The fourth-order valence-corrected chi connectivity index (χ4v) is 2.17. The molecule has 2 aromatic carbocycles. The second-order valence-corrected chi connectivity index (χ2v) is 4.20. The highest BCUT2D eigenvalue weighted by Gasteiger charge is 2.06. The van der Waals surface area contributed by atoms with Crippen LogP contribution in [0.4, 0.5) is 0 Å². The van der Waals surface area contributed by atoms with Gasteiger partial charge in [0.05, 0.1) is 5.69 Å². The van der Waals surface area contributed by atoms with E-state index in [9.17, 15) is 0 Å². The molecule has 0 aliphatic heterocycles. The van der Waals surface area contributed by atoms with Crippen LogP contribution in [-0.4, -0.2) is 11.7 Å². The van der Waals surface area contributed by atoms with Crippen LogP contribution < -0.4 is 0 Å². The number of hydrogen-bond acceptors (Lipinski definition) is 2. The molecule has 0 atom stereocenters. The molecule has 2 heteroatoms. The predicted octanol–water partition coefficient (Wildman–Crippen LogP) is 12.7. The largest absolute Gasteiger partial charge is 0.317 e. The Bertz CT molecular complexity index is 686. The standard InChI is InChI=1S/C16H13N.8C2H6.CH3N/c1-12-6-2-4-8-14(12)16-15-9-5-3-7-13(15)10-11-17-16;9*1-2/h2-11H,1H3;8*1-2H3;2H,1H2. The van der Waals surface area contributed by atoms with E-state index in [1.165, 1.54) is 21.9 Å². The quantitative estimate of drug-likeness (QED) is 0.340. The molecule has 3 aromatic rings. The molecule has 0 spiro atoms. The van der Waals surface area contributed by atoms with Crippen molar-refractivity contribution >= 4 is 17.5 Å². The number of aromatic nitrogens is 1. The van der Waals surface area contributed by atoms with Crippen molar-refractivity contribution in [3.05, 3.63) is 66.4 Å². The monoisotopic (exact) mass is 489 g/mol. The Kier molecular flexibility index (Phi) is 75.2. The third-order valence-corrected chi connectivity index (χ3v) is 3.07. The van der Waals surface area contributed by atoms with E-state index in [1.54, 1.807) is 0 Å². The number of hydrogen-bond donors (Lipinski definition) is 1. The lowest BCUT2D eigenvalue weighted by atomic mass is 10.0. The smallest absolute Gasteiger partial charge is 0.0782 e. The van der Waals surface area contributed by atoms with Crippen molar-refractivity contribution in [3.8, 4) is 11.3 Å². The third kappa shape index (κ3) is 24.4. The number of pyridine rings is 1. The molecule has 0 aliphatic rings. The maximum Gasteiger partial charge on any atom is 0.0782 e. The fourth-order valence-electron chi connectivity index (χ4n) is 2.17. The van der Waals surface area contributed by atoms with Gasteiger partial charge in [-0.3, -0.25) is 4.98 Å². The van der Waals surface area contributed by atoms with Gasteiger partial charge in [0.1, 0.15) is 0 Å². The number of nitrogens with zero attached hydrogens (tertiary/aromatic N) is 1. The molecule has 1 aromatic heterocycles. The molecule has 0 saturated carbocycles. The zero-order chi connectivity index (χ0) is 29.7. The molecule has 2 nitrogen and oxygen atoms in total. The average molecular weight is 489 g/mol. The van der Waals surface area contributed by atoms with Crippen LogP contribution in [0.3, 0.4) is 0 Å². The van der Waals surface area contributed by atoms with Gasteiger partial charge in [-0.25, -0.2) is 0 Å². The van der Waals surface area contributed by atoms with Gasteiger partial charge < -0.3 is 5.41 Å². The summed E-state index contributed by atoms with van der Waals surface area (Å²) < 4.78 is 0. The van der Waals surface area contributed by atoms with Gasteiger partial charge in [0.2, 0.25) is 0 Å². The van der Waals surface area contributed by atoms with Crippen LogP contribution in [0.15, 0.2) is 60.8 Å². The van der Waals surface area contributed by atoms with Gasteiger partial charge in [0.15, 0.2) is 0 Å². The molecule has 0 unspecified atom stereocenters. The first kappa shape index (κ1) is 49.6. The van der Waals surface area contributed by atoms with E-state index in [0.29, 0.717) is 0 Å². The summed E-state index contributed by atoms with van der Waals surface area (Å²) in [5.74, 6) is 0. The number of nitrogens with one attached hydrogen (secondary N) is 1. The maximum absolute atomic E-state index is 5.50. The number of aryl methyl sites for hydroxylation is 1. The van der Waals surface area contributed by atoms with Gasteiger partial charge in [-0.1, -0.05) is 159 Å². The van der Waals surface area contributed by atoms with Crippen molar-refractivity contribution in [2.45, 2.75) is 118 Å². The molecule has 1 heterocycles. The van der Waals surface area contributed by atoms with Gasteiger partial charge in [0.25, 0.3) is 0 Å². The van der Waals surface area contributed by atoms with Crippen LogP contribution in [0.2, 0.25) is 0 Å². The topological polar surface area (TPSA) is 36.7 Å². The van der Waals surface area contributed by atoms with Crippen molar-refractivity contribution in [2.24, 2.45) is 0 Å². The molecule has 35 heavy (non-hydrogen) atoms. The molecule has 0 aliphatic carbocycles. The molecule has 0 amide bonds. The summed E-state index contributed by atoms with van der Waals surface area (Å²) >= 11 is 0. The molecule has 3 rings (SSSR count). The van der Waals surface area contributed by atoms with E-state index in [1.807, 2.05) is 117 Å². The first-order valence-electron chi connectivity index (χ1n) is 14.1. The summed E-state index contributed by atoms with van der Waals surface area (Å²) in [6.07, 6.45) is 1.88. The lowest BCUT2D eigenvalue weighted by Gasteiger charge is -2.08. The van der Waals surface area contributed by atoms with E-state index in [2.05, 4.69) is 73.2 Å². The van der Waals surface area contributed by atoms with E-state index in [4.69, 9.17) is 5.41 Å². The van der Waals surface area contributed by atoms with Crippen LogP contribution in [0.5, 0.6) is 0 Å². The minimum absolute atomic E-state index is 1.07. The highest BCUT2D eigenvalue weighted by Crippen LogP contribution is 2.28. The molecule has 0 saturated heterocycles.